The molecule has 1 saturated heterocycles. The molecule has 0 radical (unpaired) electrons. The van der Waals surface area contributed by atoms with E-state index in [1.807, 2.05) is 19.1 Å². The summed E-state index contributed by atoms with van der Waals surface area (Å²) in [5.41, 5.74) is 0.898. The quantitative estimate of drug-likeness (QED) is 0.759. The molecule has 1 fully saturated rings. The molecule has 104 valence electrons. The van der Waals surface area contributed by atoms with Crippen LogP contribution in [0.3, 0.4) is 0 Å². The van der Waals surface area contributed by atoms with E-state index in [0.29, 0.717) is 22.4 Å². The van der Waals surface area contributed by atoms with Gasteiger partial charge >= 0.3 is 0 Å². The molecule has 0 N–H and O–H groups in total. The normalized spacial score (nSPS) is 15.4. The van der Waals surface area contributed by atoms with E-state index in [1.54, 1.807) is 0 Å². The van der Waals surface area contributed by atoms with Crippen molar-refractivity contribution in [1.82, 2.24) is 4.90 Å². The Hall–Kier alpha value is -0.510. The maximum Gasteiger partial charge on any atom is 0.156 e. The average Bonchev–Trinajstić information content (AvgIpc) is 2.43. The average molecular weight is 318 g/mol. The summed E-state index contributed by atoms with van der Waals surface area (Å²) in [7, 11) is 0. The Labute approximate surface area is 129 Å². The van der Waals surface area contributed by atoms with E-state index in [4.69, 9.17) is 40.2 Å². The van der Waals surface area contributed by atoms with Crippen molar-refractivity contribution >= 4 is 40.4 Å². The Balaban J connectivity index is 2.22. The van der Waals surface area contributed by atoms with Gasteiger partial charge < -0.3 is 9.64 Å². The largest absolute Gasteiger partial charge is 0.491 e. The van der Waals surface area contributed by atoms with E-state index < -0.39 is 0 Å². The molecular weight excluding hydrogens is 301 g/mol. The van der Waals surface area contributed by atoms with Crippen LogP contribution in [-0.2, 0) is 0 Å². The molecule has 0 atom stereocenters. The van der Waals surface area contributed by atoms with Gasteiger partial charge in [0.1, 0.15) is 4.99 Å². The summed E-state index contributed by atoms with van der Waals surface area (Å²) < 4.78 is 5.43. The molecule has 1 aromatic carbocycles. The molecule has 2 rings (SSSR count). The fraction of sp³-hybridized carbons (Fsp3) is 0.500. The number of halogens is 2. The number of hydrogen-bond acceptors (Lipinski definition) is 2. The number of piperidine rings is 1. The van der Waals surface area contributed by atoms with E-state index in [9.17, 15) is 0 Å². The second kappa shape index (κ2) is 6.78. The molecule has 0 bridgehead atoms. The molecule has 0 saturated carbocycles. The summed E-state index contributed by atoms with van der Waals surface area (Å²) in [6, 6.07) is 3.69. The molecular formula is C14H17Cl2NOS. The predicted octanol–water partition coefficient (Wildman–Crippen LogP) is 4.55. The molecule has 19 heavy (non-hydrogen) atoms. The summed E-state index contributed by atoms with van der Waals surface area (Å²) in [6.45, 7) is 4.47. The summed E-state index contributed by atoms with van der Waals surface area (Å²) in [6.07, 6.45) is 3.67. The van der Waals surface area contributed by atoms with Gasteiger partial charge in [0.05, 0.1) is 16.7 Å². The van der Waals surface area contributed by atoms with Crippen molar-refractivity contribution in [3.05, 3.63) is 27.7 Å². The van der Waals surface area contributed by atoms with Crippen LogP contribution >= 0.6 is 35.4 Å². The van der Waals surface area contributed by atoms with Crippen LogP contribution in [0.4, 0.5) is 0 Å². The van der Waals surface area contributed by atoms with Gasteiger partial charge in [0.25, 0.3) is 0 Å². The lowest BCUT2D eigenvalue weighted by molar-refractivity contribution is 0.340. The van der Waals surface area contributed by atoms with Gasteiger partial charge in [0.15, 0.2) is 5.75 Å². The molecule has 5 heteroatoms. The van der Waals surface area contributed by atoms with Crippen molar-refractivity contribution in [2.24, 2.45) is 0 Å². The van der Waals surface area contributed by atoms with Crippen molar-refractivity contribution in [3.63, 3.8) is 0 Å². The Morgan fingerprint density at radius 1 is 1.21 bits per heavy atom. The first kappa shape index (κ1) is 14.9. The summed E-state index contributed by atoms with van der Waals surface area (Å²) in [4.78, 5) is 3.05. The maximum absolute atomic E-state index is 6.21. The lowest BCUT2D eigenvalue weighted by atomic mass is 10.1. The zero-order valence-corrected chi connectivity index (χ0v) is 13.2. The third-order valence-corrected chi connectivity index (χ3v) is 4.23. The van der Waals surface area contributed by atoms with Crippen LogP contribution in [0, 0.1) is 0 Å². The van der Waals surface area contributed by atoms with Gasteiger partial charge in [-0.05, 0) is 38.3 Å². The minimum atomic E-state index is 0.517. The molecule has 0 aromatic heterocycles. The smallest absolute Gasteiger partial charge is 0.156 e. The molecule has 0 amide bonds. The molecule has 1 aliphatic heterocycles. The topological polar surface area (TPSA) is 12.5 Å². The van der Waals surface area contributed by atoms with Gasteiger partial charge in [0.2, 0.25) is 0 Å². The summed E-state index contributed by atoms with van der Waals surface area (Å²) >= 11 is 18.0. The fourth-order valence-corrected chi connectivity index (χ4v) is 3.14. The van der Waals surface area contributed by atoms with Crippen molar-refractivity contribution in [2.75, 3.05) is 19.7 Å². The van der Waals surface area contributed by atoms with Crippen LogP contribution in [0.1, 0.15) is 31.7 Å². The van der Waals surface area contributed by atoms with Crippen LogP contribution in [-0.4, -0.2) is 29.6 Å². The monoisotopic (exact) mass is 317 g/mol. The van der Waals surface area contributed by atoms with Crippen LogP contribution < -0.4 is 4.74 Å². The highest BCUT2D eigenvalue weighted by Crippen LogP contribution is 2.34. The maximum atomic E-state index is 6.21. The van der Waals surface area contributed by atoms with Crippen LogP contribution in [0.5, 0.6) is 5.75 Å². The Bertz CT molecular complexity index is 450. The highest BCUT2D eigenvalue weighted by atomic mass is 35.5. The molecule has 1 aromatic rings. The van der Waals surface area contributed by atoms with Gasteiger partial charge in [-0.25, -0.2) is 0 Å². The summed E-state index contributed by atoms with van der Waals surface area (Å²) in [5, 5.41) is 1.03. The zero-order chi connectivity index (χ0) is 13.8. The van der Waals surface area contributed by atoms with Gasteiger partial charge in [-0.2, -0.15) is 0 Å². The highest BCUT2D eigenvalue weighted by molar-refractivity contribution is 7.80. The standard InChI is InChI=1S/C14H17Cl2NOS/c1-2-18-13-11(15)8-10(9-12(13)16)14(19)17-6-4-3-5-7-17/h8-9H,2-7H2,1H3. The minimum absolute atomic E-state index is 0.517. The third kappa shape index (κ3) is 3.53. The lowest BCUT2D eigenvalue weighted by Gasteiger charge is -2.29. The molecule has 0 unspecified atom stereocenters. The van der Waals surface area contributed by atoms with E-state index in [0.717, 1.165) is 23.6 Å². The summed E-state index contributed by atoms with van der Waals surface area (Å²) in [5.74, 6) is 0.538. The number of nitrogens with zero attached hydrogens (tertiary/aromatic N) is 1. The SMILES string of the molecule is CCOc1c(Cl)cc(C(=S)N2CCCCC2)cc1Cl. The molecule has 0 spiro atoms. The number of rotatable bonds is 3. The van der Waals surface area contributed by atoms with E-state index >= 15 is 0 Å². The van der Waals surface area contributed by atoms with Crippen LogP contribution in [0.2, 0.25) is 10.0 Å². The van der Waals surface area contributed by atoms with Gasteiger partial charge in [-0.3, -0.25) is 0 Å². The molecule has 0 aliphatic carbocycles. The molecule has 2 nitrogen and oxygen atoms in total. The van der Waals surface area contributed by atoms with Crippen molar-refractivity contribution in [3.8, 4) is 5.75 Å². The number of thiocarbonyl (C=S) groups is 1. The van der Waals surface area contributed by atoms with E-state index in [1.165, 1.54) is 19.3 Å². The van der Waals surface area contributed by atoms with Crippen molar-refractivity contribution in [2.45, 2.75) is 26.2 Å². The highest BCUT2D eigenvalue weighted by Gasteiger charge is 2.17. The molecule has 1 heterocycles. The third-order valence-electron chi connectivity index (χ3n) is 3.18. The second-order valence-corrected chi connectivity index (χ2v) is 5.76. The first-order valence-electron chi connectivity index (χ1n) is 6.54. The molecule has 1 aliphatic rings. The number of likely N-dealkylation sites (tertiary alicyclic amines) is 1. The van der Waals surface area contributed by atoms with Crippen LogP contribution in [0.25, 0.3) is 0 Å². The van der Waals surface area contributed by atoms with Crippen molar-refractivity contribution in [1.29, 1.82) is 0 Å². The number of hydrogen-bond donors (Lipinski definition) is 0. The first-order valence-corrected chi connectivity index (χ1v) is 7.71. The van der Waals surface area contributed by atoms with E-state index in [2.05, 4.69) is 4.90 Å². The Morgan fingerprint density at radius 2 is 1.79 bits per heavy atom. The second-order valence-electron chi connectivity index (χ2n) is 4.55. The first-order chi connectivity index (χ1) is 9.13. The Morgan fingerprint density at radius 3 is 2.32 bits per heavy atom. The minimum Gasteiger partial charge on any atom is -0.491 e. The number of ether oxygens (including phenoxy) is 1. The van der Waals surface area contributed by atoms with Gasteiger partial charge in [0, 0.05) is 18.7 Å². The van der Waals surface area contributed by atoms with Gasteiger partial charge in [-0.1, -0.05) is 35.4 Å². The predicted molar refractivity (Wildman–Crippen MR) is 84.8 cm³/mol. The lowest BCUT2D eigenvalue weighted by Crippen LogP contribution is -2.34. The van der Waals surface area contributed by atoms with E-state index in [-0.39, 0.29) is 0 Å². The van der Waals surface area contributed by atoms with Crippen LogP contribution in [0.15, 0.2) is 12.1 Å². The van der Waals surface area contributed by atoms with Crippen molar-refractivity contribution < 1.29 is 4.74 Å². The Kier molecular flexibility index (Phi) is 5.31. The number of benzene rings is 1. The fourth-order valence-electron chi connectivity index (χ4n) is 2.25. The van der Waals surface area contributed by atoms with Gasteiger partial charge in [-0.15, -0.1) is 0 Å². The zero-order valence-electron chi connectivity index (χ0n) is 10.9.